The van der Waals surface area contributed by atoms with E-state index in [9.17, 15) is 14.0 Å². The lowest BCUT2D eigenvalue weighted by Crippen LogP contribution is -2.39. The molecule has 1 saturated heterocycles. The van der Waals surface area contributed by atoms with Crippen molar-refractivity contribution in [3.63, 3.8) is 0 Å². The van der Waals surface area contributed by atoms with E-state index >= 15 is 0 Å². The number of aromatic nitrogens is 1. The summed E-state index contributed by atoms with van der Waals surface area (Å²) in [6, 6.07) is 11.2. The van der Waals surface area contributed by atoms with E-state index in [1.54, 1.807) is 17.0 Å². The molecule has 0 saturated carbocycles. The van der Waals surface area contributed by atoms with Gasteiger partial charge in [0.2, 0.25) is 0 Å². The molecule has 0 spiro atoms. The minimum atomic E-state index is -1.15. The molecule has 0 atom stereocenters. The van der Waals surface area contributed by atoms with E-state index in [1.165, 1.54) is 24.3 Å². The molecular weight excluding hydrogens is 323 g/mol. The molecule has 2 heterocycles. The van der Waals surface area contributed by atoms with Gasteiger partial charge in [-0.2, -0.15) is 0 Å². The van der Waals surface area contributed by atoms with Gasteiger partial charge in [0.05, 0.1) is 0 Å². The summed E-state index contributed by atoms with van der Waals surface area (Å²) < 4.78 is 13.8. The van der Waals surface area contributed by atoms with Crippen molar-refractivity contribution in [2.45, 2.75) is 19.3 Å². The third-order valence-electron chi connectivity index (χ3n) is 4.56. The third kappa shape index (κ3) is 4.02. The van der Waals surface area contributed by atoms with E-state index in [4.69, 9.17) is 5.11 Å². The number of nitrogens with zero attached hydrogens (tertiary/aromatic N) is 2. The Bertz CT molecular complexity index is 786. The minimum absolute atomic E-state index is 0.139. The molecule has 3 rings (SSSR count). The summed E-state index contributed by atoms with van der Waals surface area (Å²) in [5.74, 6) is -1.26. The number of aromatic carboxylic acids is 1. The summed E-state index contributed by atoms with van der Waals surface area (Å²) in [5, 5.41) is 8.98. The van der Waals surface area contributed by atoms with Crippen molar-refractivity contribution in [2.24, 2.45) is 5.92 Å². The quantitative estimate of drug-likeness (QED) is 0.927. The Hall–Kier alpha value is -2.76. The van der Waals surface area contributed by atoms with Gasteiger partial charge >= 0.3 is 5.97 Å². The number of benzene rings is 1. The summed E-state index contributed by atoms with van der Waals surface area (Å²) in [6.07, 6.45) is 2.25. The van der Waals surface area contributed by atoms with Crippen LogP contribution in [0.3, 0.4) is 0 Å². The van der Waals surface area contributed by atoms with Gasteiger partial charge in [0, 0.05) is 13.1 Å². The lowest BCUT2D eigenvalue weighted by atomic mass is 9.90. The van der Waals surface area contributed by atoms with Crippen molar-refractivity contribution in [1.82, 2.24) is 9.88 Å². The molecule has 1 aromatic carbocycles. The molecule has 0 radical (unpaired) electrons. The number of carbonyl (C=O) groups is 2. The Morgan fingerprint density at radius 3 is 2.44 bits per heavy atom. The van der Waals surface area contributed by atoms with Gasteiger partial charge in [-0.3, -0.25) is 4.79 Å². The van der Waals surface area contributed by atoms with Gasteiger partial charge in [0.1, 0.15) is 17.2 Å². The molecule has 0 aliphatic carbocycles. The number of rotatable bonds is 4. The molecule has 25 heavy (non-hydrogen) atoms. The molecule has 2 aromatic rings. The number of carboxylic acids is 1. The van der Waals surface area contributed by atoms with Crippen LogP contribution in [0.25, 0.3) is 0 Å². The average Bonchev–Trinajstić information content (AvgIpc) is 2.64. The smallest absolute Gasteiger partial charge is 0.354 e. The van der Waals surface area contributed by atoms with E-state index in [0.29, 0.717) is 31.0 Å². The van der Waals surface area contributed by atoms with Gasteiger partial charge in [0.15, 0.2) is 0 Å². The molecule has 5 nitrogen and oxygen atoms in total. The second-order valence-corrected chi connectivity index (χ2v) is 6.24. The molecule has 1 aromatic heterocycles. The average molecular weight is 342 g/mol. The number of hydrogen-bond donors (Lipinski definition) is 1. The zero-order valence-electron chi connectivity index (χ0n) is 13.7. The number of carbonyl (C=O) groups excluding carboxylic acids is 1. The maximum atomic E-state index is 13.8. The van der Waals surface area contributed by atoms with Crippen molar-refractivity contribution in [1.29, 1.82) is 0 Å². The zero-order valence-corrected chi connectivity index (χ0v) is 13.7. The van der Waals surface area contributed by atoms with Gasteiger partial charge in [-0.25, -0.2) is 14.2 Å². The highest BCUT2D eigenvalue weighted by atomic mass is 19.1. The van der Waals surface area contributed by atoms with Gasteiger partial charge in [-0.1, -0.05) is 24.3 Å². The van der Waals surface area contributed by atoms with Crippen LogP contribution in [0.4, 0.5) is 4.39 Å². The van der Waals surface area contributed by atoms with Crippen LogP contribution >= 0.6 is 0 Å². The highest BCUT2D eigenvalue weighted by Crippen LogP contribution is 2.23. The summed E-state index contributed by atoms with van der Waals surface area (Å²) in [5.41, 5.74) is 0.718. The van der Waals surface area contributed by atoms with Gasteiger partial charge < -0.3 is 10.0 Å². The van der Waals surface area contributed by atoms with Crippen LogP contribution in [-0.2, 0) is 6.42 Å². The number of pyridine rings is 1. The Kier molecular flexibility index (Phi) is 5.07. The van der Waals surface area contributed by atoms with Crippen LogP contribution in [0.2, 0.25) is 0 Å². The van der Waals surface area contributed by atoms with E-state index in [-0.39, 0.29) is 23.1 Å². The fourth-order valence-electron chi connectivity index (χ4n) is 3.15. The molecule has 1 aliphatic rings. The molecule has 130 valence electrons. The second-order valence-electron chi connectivity index (χ2n) is 6.24. The molecule has 1 amide bonds. The predicted molar refractivity (Wildman–Crippen MR) is 89.9 cm³/mol. The summed E-state index contributed by atoms with van der Waals surface area (Å²) in [4.78, 5) is 29.1. The highest BCUT2D eigenvalue weighted by Gasteiger charge is 2.25. The molecule has 6 heteroatoms. The molecule has 1 aliphatic heterocycles. The molecule has 0 unspecified atom stereocenters. The monoisotopic (exact) mass is 342 g/mol. The van der Waals surface area contributed by atoms with Crippen molar-refractivity contribution in [3.05, 3.63) is 65.2 Å². The molecule has 1 N–H and O–H groups in total. The lowest BCUT2D eigenvalue weighted by molar-refractivity contribution is 0.0680. The number of halogens is 1. The van der Waals surface area contributed by atoms with Crippen molar-refractivity contribution in [3.8, 4) is 0 Å². The number of likely N-dealkylation sites (tertiary alicyclic amines) is 1. The number of piperidine rings is 1. The van der Waals surface area contributed by atoms with Crippen molar-refractivity contribution >= 4 is 11.9 Å². The van der Waals surface area contributed by atoms with Crippen LogP contribution in [0.15, 0.2) is 42.5 Å². The van der Waals surface area contributed by atoms with Crippen molar-refractivity contribution < 1.29 is 19.1 Å². The summed E-state index contributed by atoms with van der Waals surface area (Å²) >= 11 is 0. The van der Waals surface area contributed by atoms with Crippen LogP contribution < -0.4 is 0 Å². The van der Waals surface area contributed by atoms with E-state index < -0.39 is 5.97 Å². The Labute approximate surface area is 145 Å². The SMILES string of the molecule is O=C(O)c1cccc(C(=O)N2CCC(Cc3ccccc3F)CC2)n1. The van der Waals surface area contributed by atoms with Crippen LogP contribution in [0.5, 0.6) is 0 Å². The number of hydrogen-bond acceptors (Lipinski definition) is 3. The van der Waals surface area contributed by atoms with Crippen LogP contribution in [-0.4, -0.2) is 40.0 Å². The first-order chi connectivity index (χ1) is 12.0. The van der Waals surface area contributed by atoms with E-state index in [0.717, 1.165) is 12.8 Å². The van der Waals surface area contributed by atoms with Crippen LogP contribution in [0.1, 0.15) is 39.4 Å². The predicted octanol–water partition coefficient (Wildman–Crippen LogP) is 3.01. The first-order valence-electron chi connectivity index (χ1n) is 8.27. The van der Waals surface area contributed by atoms with E-state index in [1.807, 2.05) is 6.07 Å². The maximum Gasteiger partial charge on any atom is 0.354 e. The lowest BCUT2D eigenvalue weighted by Gasteiger charge is -2.32. The third-order valence-corrected chi connectivity index (χ3v) is 4.56. The zero-order chi connectivity index (χ0) is 17.8. The summed E-state index contributed by atoms with van der Waals surface area (Å²) in [7, 11) is 0. The normalized spacial score (nSPS) is 15.2. The molecule has 1 fully saturated rings. The fraction of sp³-hybridized carbons (Fsp3) is 0.316. The largest absolute Gasteiger partial charge is 0.477 e. The maximum absolute atomic E-state index is 13.8. The Morgan fingerprint density at radius 2 is 1.76 bits per heavy atom. The fourth-order valence-corrected chi connectivity index (χ4v) is 3.15. The second kappa shape index (κ2) is 7.42. The highest BCUT2D eigenvalue weighted by molar-refractivity contribution is 5.94. The number of amides is 1. The first kappa shape index (κ1) is 17.1. The Morgan fingerprint density at radius 1 is 1.08 bits per heavy atom. The van der Waals surface area contributed by atoms with Gasteiger partial charge in [-0.15, -0.1) is 0 Å². The Balaban J connectivity index is 1.60. The first-order valence-corrected chi connectivity index (χ1v) is 8.27. The topological polar surface area (TPSA) is 70.5 Å². The van der Waals surface area contributed by atoms with Gasteiger partial charge in [-0.05, 0) is 48.9 Å². The molecular formula is C19H19FN2O3. The minimum Gasteiger partial charge on any atom is -0.477 e. The van der Waals surface area contributed by atoms with Crippen molar-refractivity contribution in [2.75, 3.05) is 13.1 Å². The van der Waals surface area contributed by atoms with Crippen LogP contribution in [0, 0.1) is 11.7 Å². The molecule has 0 bridgehead atoms. The number of carboxylic acid groups (broad SMARTS) is 1. The van der Waals surface area contributed by atoms with E-state index in [2.05, 4.69) is 4.98 Å². The summed E-state index contributed by atoms with van der Waals surface area (Å²) in [6.45, 7) is 1.13. The van der Waals surface area contributed by atoms with Gasteiger partial charge in [0.25, 0.3) is 5.91 Å². The standard InChI is InChI=1S/C19H19FN2O3/c20-15-5-2-1-4-14(15)12-13-8-10-22(11-9-13)18(23)16-6-3-7-17(21-16)19(24)25/h1-7,13H,8-12H2,(H,24,25).